The third-order valence-corrected chi connectivity index (χ3v) is 3.72. The summed E-state index contributed by atoms with van der Waals surface area (Å²) in [5.41, 5.74) is 3.96. The van der Waals surface area contributed by atoms with Crippen LogP contribution in [0.1, 0.15) is 62.5 Å². The zero-order valence-corrected chi connectivity index (χ0v) is 16.3. The summed E-state index contributed by atoms with van der Waals surface area (Å²) < 4.78 is 2.01. The van der Waals surface area contributed by atoms with Gasteiger partial charge in [0.2, 0.25) is 17.8 Å². The van der Waals surface area contributed by atoms with Crippen molar-refractivity contribution < 1.29 is 9.36 Å². The van der Waals surface area contributed by atoms with Crippen molar-refractivity contribution in [1.29, 1.82) is 0 Å². The summed E-state index contributed by atoms with van der Waals surface area (Å²) >= 11 is 1.68. The van der Waals surface area contributed by atoms with Crippen molar-refractivity contribution in [3.63, 3.8) is 0 Å². The first-order valence-electron chi connectivity index (χ1n) is 8.21. The Bertz CT molecular complexity index is 503. The van der Waals surface area contributed by atoms with Gasteiger partial charge in [-0.15, -0.1) is 0 Å². The lowest BCUT2D eigenvalue weighted by atomic mass is 10.1. The Kier molecular flexibility index (Phi) is 15.0. The maximum atomic E-state index is 12.0. The largest absolute Gasteiger partial charge is 0.287 e. The van der Waals surface area contributed by atoms with E-state index in [1.165, 1.54) is 10.6 Å². The average molecular weight is 323 g/mol. The predicted molar refractivity (Wildman–Crippen MR) is 98.8 cm³/mol. The molecule has 1 aromatic carbocycles. The Balaban J connectivity index is 0. The number of nitrogens with zero attached hydrogens (tertiary/aromatic N) is 1. The maximum absolute atomic E-state index is 12.0. The summed E-state index contributed by atoms with van der Waals surface area (Å²) in [5, 5.41) is 0. The van der Waals surface area contributed by atoms with Gasteiger partial charge in [0.1, 0.15) is 0 Å². The predicted octanol–water partition coefficient (Wildman–Crippen LogP) is 5.61. The minimum atomic E-state index is 0.159. The van der Waals surface area contributed by atoms with E-state index in [1.807, 2.05) is 88.9 Å². The highest BCUT2D eigenvalue weighted by molar-refractivity contribution is 7.09. The fourth-order valence-corrected chi connectivity index (χ4v) is 2.34. The SMILES string of the molecule is CC.CC.CC.Cc1sc[n+](CC(=O)c2ccccc2)c1C. The van der Waals surface area contributed by atoms with Crippen LogP contribution in [-0.4, -0.2) is 5.78 Å². The topological polar surface area (TPSA) is 20.9 Å². The third kappa shape index (κ3) is 7.51. The Morgan fingerprint density at radius 3 is 1.86 bits per heavy atom. The first-order valence-corrected chi connectivity index (χ1v) is 9.09. The number of rotatable bonds is 3. The quantitative estimate of drug-likeness (QED) is 0.531. The molecule has 0 fully saturated rings. The molecule has 1 aromatic heterocycles. The van der Waals surface area contributed by atoms with Gasteiger partial charge in [-0.25, -0.2) is 0 Å². The summed E-state index contributed by atoms with van der Waals surface area (Å²) in [6.07, 6.45) is 0. The van der Waals surface area contributed by atoms with E-state index < -0.39 is 0 Å². The minimum Gasteiger partial charge on any atom is -0.287 e. The number of thiazole rings is 1. The monoisotopic (exact) mass is 322 g/mol. The van der Waals surface area contributed by atoms with Gasteiger partial charge in [-0.2, -0.15) is 4.57 Å². The molecule has 0 aliphatic carbocycles. The molecule has 2 rings (SSSR count). The van der Waals surface area contributed by atoms with Crippen LogP contribution in [-0.2, 0) is 6.54 Å². The molecule has 0 spiro atoms. The van der Waals surface area contributed by atoms with E-state index in [0.29, 0.717) is 6.54 Å². The number of carbonyl (C=O) groups excluding carboxylic acids is 1. The van der Waals surface area contributed by atoms with Crippen molar-refractivity contribution in [2.45, 2.75) is 61.9 Å². The van der Waals surface area contributed by atoms with Crippen LogP contribution in [0.3, 0.4) is 0 Å². The Labute approximate surface area is 140 Å². The highest BCUT2D eigenvalue weighted by atomic mass is 32.1. The van der Waals surface area contributed by atoms with Crippen LogP contribution < -0.4 is 4.57 Å². The zero-order valence-electron chi connectivity index (χ0n) is 15.4. The average Bonchev–Trinajstić information content (AvgIpc) is 2.93. The number of Topliss-reactive ketones (excluding diaryl/α,β-unsaturated/α-hetero) is 1. The van der Waals surface area contributed by atoms with Crippen LogP contribution in [0.5, 0.6) is 0 Å². The van der Waals surface area contributed by atoms with Gasteiger partial charge >= 0.3 is 0 Å². The maximum Gasteiger partial charge on any atom is 0.227 e. The lowest BCUT2D eigenvalue weighted by Gasteiger charge is -1.97. The molecule has 3 heteroatoms. The fourth-order valence-electron chi connectivity index (χ4n) is 1.54. The summed E-state index contributed by atoms with van der Waals surface area (Å²) in [4.78, 5) is 13.2. The van der Waals surface area contributed by atoms with Gasteiger partial charge in [0.15, 0.2) is 5.69 Å². The summed E-state index contributed by atoms with van der Waals surface area (Å²) in [6.45, 7) is 16.5. The van der Waals surface area contributed by atoms with Crippen LogP contribution in [0.4, 0.5) is 0 Å². The second-order valence-corrected chi connectivity index (χ2v) is 4.84. The molecule has 0 bridgehead atoms. The van der Waals surface area contributed by atoms with Crippen molar-refractivity contribution in [2.75, 3.05) is 0 Å². The number of benzene rings is 1. The molecule has 0 radical (unpaired) electrons. The molecule has 0 saturated heterocycles. The number of hydrogen-bond acceptors (Lipinski definition) is 2. The molecule has 0 aliphatic rings. The molecule has 2 aromatic rings. The normalized spacial score (nSPS) is 8.36. The van der Waals surface area contributed by atoms with Crippen LogP contribution in [0, 0.1) is 13.8 Å². The molecular weight excluding hydrogens is 290 g/mol. The second-order valence-electron chi connectivity index (χ2n) is 3.78. The number of aryl methyl sites for hydroxylation is 1. The van der Waals surface area contributed by atoms with Crippen molar-refractivity contribution in [3.05, 3.63) is 52.0 Å². The second kappa shape index (κ2) is 14.5. The van der Waals surface area contributed by atoms with Gasteiger partial charge in [-0.3, -0.25) is 4.79 Å². The third-order valence-electron chi connectivity index (χ3n) is 2.71. The molecule has 124 valence electrons. The van der Waals surface area contributed by atoms with Crippen LogP contribution >= 0.6 is 11.3 Å². The molecule has 2 nitrogen and oxygen atoms in total. The van der Waals surface area contributed by atoms with Gasteiger partial charge < -0.3 is 0 Å². The Hall–Kier alpha value is -1.48. The van der Waals surface area contributed by atoms with Crippen molar-refractivity contribution >= 4 is 17.1 Å². The standard InChI is InChI=1S/C13H14NOS.3C2H6/c1-10-11(2)16-9-14(10)8-13(15)12-6-4-3-5-7-12;3*1-2/h3-7,9H,8H2,1-2H3;3*1-2H3/q+1;;;. The fraction of sp³-hybridized carbons (Fsp3) is 0.474. The van der Waals surface area contributed by atoms with Crippen molar-refractivity contribution in [2.24, 2.45) is 0 Å². The van der Waals surface area contributed by atoms with Crippen LogP contribution in [0.25, 0.3) is 0 Å². The summed E-state index contributed by atoms with van der Waals surface area (Å²) in [6, 6.07) is 9.42. The molecule has 0 unspecified atom stereocenters. The summed E-state index contributed by atoms with van der Waals surface area (Å²) in [5.74, 6) is 0.159. The van der Waals surface area contributed by atoms with Gasteiger partial charge in [0, 0.05) is 12.5 Å². The highest BCUT2D eigenvalue weighted by Gasteiger charge is 2.16. The number of carbonyl (C=O) groups is 1. The highest BCUT2D eigenvalue weighted by Crippen LogP contribution is 2.08. The first-order chi connectivity index (χ1) is 10.7. The van der Waals surface area contributed by atoms with Crippen molar-refractivity contribution in [3.8, 4) is 0 Å². The van der Waals surface area contributed by atoms with Crippen LogP contribution in [0.2, 0.25) is 0 Å². The number of ketones is 1. The van der Waals surface area contributed by atoms with Gasteiger partial charge in [-0.1, -0.05) is 83.2 Å². The van der Waals surface area contributed by atoms with E-state index in [9.17, 15) is 4.79 Å². The number of hydrogen-bond donors (Lipinski definition) is 0. The van der Waals surface area contributed by atoms with E-state index in [-0.39, 0.29) is 5.78 Å². The first kappa shape index (κ1) is 22.8. The zero-order chi connectivity index (χ0) is 17.5. The smallest absolute Gasteiger partial charge is 0.227 e. The van der Waals surface area contributed by atoms with E-state index in [0.717, 1.165) is 5.56 Å². The minimum absolute atomic E-state index is 0.159. The van der Waals surface area contributed by atoms with Crippen molar-refractivity contribution in [1.82, 2.24) is 0 Å². The van der Waals surface area contributed by atoms with Gasteiger partial charge in [0.05, 0.1) is 4.88 Å². The molecular formula is C19H32NOS+. The molecule has 0 atom stereocenters. The molecule has 0 aliphatic heterocycles. The van der Waals surface area contributed by atoms with E-state index in [4.69, 9.17) is 0 Å². The number of aromatic nitrogens is 1. The molecule has 22 heavy (non-hydrogen) atoms. The lowest BCUT2D eigenvalue weighted by Crippen LogP contribution is -2.38. The molecule has 0 saturated carbocycles. The Morgan fingerprint density at radius 2 is 1.45 bits per heavy atom. The summed E-state index contributed by atoms with van der Waals surface area (Å²) in [7, 11) is 0. The van der Waals surface area contributed by atoms with E-state index in [1.54, 1.807) is 11.3 Å². The van der Waals surface area contributed by atoms with E-state index >= 15 is 0 Å². The molecule has 1 heterocycles. The lowest BCUT2D eigenvalue weighted by molar-refractivity contribution is -0.684. The van der Waals surface area contributed by atoms with Gasteiger partial charge in [0.25, 0.3) is 0 Å². The van der Waals surface area contributed by atoms with Gasteiger partial charge in [-0.05, 0) is 6.92 Å². The van der Waals surface area contributed by atoms with Crippen LogP contribution in [0.15, 0.2) is 35.8 Å². The molecule has 0 amide bonds. The molecule has 0 N–H and O–H groups in total. The van der Waals surface area contributed by atoms with E-state index in [2.05, 4.69) is 6.92 Å². The Morgan fingerprint density at radius 1 is 0.955 bits per heavy atom.